The SMILES string of the molecule is C[C@H]1NCCN(C(O[SiH](C)C)C(C)(C)C)C1CC1CC1. The van der Waals surface area contributed by atoms with Gasteiger partial charge in [-0.2, -0.15) is 0 Å². The van der Waals surface area contributed by atoms with Gasteiger partial charge in [0.15, 0.2) is 9.04 Å². The summed E-state index contributed by atoms with van der Waals surface area (Å²) in [6, 6.07) is 1.24. The third kappa shape index (κ3) is 4.29. The van der Waals surface area contributed by atoms with E-state index in [-0.39, 0.29) is 11.6 Å². The lowest BCUT2D eigenvalue weighted by atomic mass is 9.89. The van der Waals surface area contributed by atoms with E-state index in [9.17, 15) is 0 Å². The first kappa shape index (κ1) is 16.5. The summed E-state index contributed by atoms with van der Waals surface area (Å²) in [6.45, 7) is 16.1. The Bertz CT molecular complexity index is 312. The van der Waals surface area contributed by atoms with Gasteiger partial charge in [-0.1, -0.05) is 33.6 Å². The number of nitrogens with one attached hydrogen (secondary N) is 1. The second kappa shape index (κ2) is 6.47. The van der Waals surface area contributed by atoms with E-state index in [2.05, 4.69) is 51.0 Å². The molecule has 0 aromatic rings. The summed E-state index contributed by atoms with van der Waals surface area (Å²) < 4.78 is 6.47. The molecule has 2 aliphatic rings. The fourth-order valence-corrected chi connectivity index (χ4v) is 4.45. The van der Waals surface area contributed by atoms with Gasteiger partial charge in [-0.15, -0.1) is 0 Å². The molecule has 1 saturated carbocycles. The van der Waals surface area contributed by atoms with E-state index in [4.69, 9.17) is 4.43 Å². The van der Waals surface area contributed by atoms with Crippen LogP contribution in [0.2, 0.25) is 13.1 Å². The third-order valence-corrected chi connectivity index (χ3v) is 5.36. The summed E-state index contributed by atoms with van der Waals surface area (Å²) >= 11 is 0. The monoisotopic (exact) mass is 298 g/mol. The van der Waals surface area contributed by atoms with Crippen molar-refractivity contribution in [2.24, 2.45) is 11.3 Å². The lowest BCUT2D eigenvalue weighted by molar-refractivity contribution is -0.0929. The maximum Gasteiger partial charge on any atom is 0.173 e. The van der Waals surface area contributed by atoms with Crippen LogP contribution in [0.4, 0.5) is 0 Å². The summed E-state index contributed by atoms with van der Waals surface area (Å²) in [7, 11) is -1.03. The molecule has 2 unspecified atom stereocenters. The number of rotatable bonds is 5. The molecule has 3 nitrogen and oxygen atoms in total. The van der Waals surface area contributed by atoms with E-state index < -0.39 is 9.04 Å². The molecule has 0 aromatic heterocycles. The van der Waals surface area contributed by atoms with Crippen molar-refractivity contribution in [3.63, 3.8) is 0 Å². The molecule has 1 saturated heterocycles. The predicted octanol–water partition coefficient (Wildman–Crippen LogP) is 2.82. The number of hydrogen-bond donors (Lipinski definition) is 1. The summed E-state index contributed by atoms with van der Waals surface area (Å²) in [6.07, 6.45) is 4.51. The Labute approximate surface area is 127 Å². The normalized spacial score (nSPS) is 30.8. The Morgan fingerprint density at radius 3 is 2.45 bits per heavy atom. The molecule has 20 heavy (non-hydrogen) atoms. The molecule has 4 heteroatoms. The highest BCUT2D eigenvalue weighted by molar-refractivity contribution is 6.48. The lowest BCUT2D eigenvalue weighted by Crippen LogP contribution is -2.63. The summed E-state index contributed by atoms with van der Waals surface area (Å²) in [4.78, 5) is 2.69. The van der Waals surface area contributed by atoms with Gasteiger partial charge in [0, 0.05) is 30.6 Å². The van der Waals surface area contributed by atoms with Gasteiger partial charge in [0.05, 0.1) is 0 Å². The summed E-state index contributed by atoms with van der Waals surface area (Å²) in [5.41, 5.74) is 0.191. The zero-order chi connectivity index (χ0) is 14.9. The standard InChI is InChI=1S/C16H34N2OSi/c1-12-14(11-13-7-8-13)18(10-9-17-12)15(16(2,3)4)19-20(5)6/h12-15,17,20H,7-11H2,1-6H3/t12-,14?,15?/m1/s1. The molecule has 0 bridgehead atoms. The second-order valence-electron chi connectivity index (χ2n) is 8.13. The number of hydrogen-bond acceptors (Lipinski definition) is 3. The van der Waals surface area contributed by atoms with Crippen LogP contribution >= 0.6 is 0 Å². The minimum atomic E-state index is -1.03. The fourth-order valence-electron chi connectivity index (χ4n) is 3.37. The molecule has 2 fully saturated rings. The zero-order valence-corrected chi connectivity index (χ0v) is 15.4. The van der Waals surface area contributed by atoms with Crippen LogP contribution < -0.4 is 5.32 Å². The predicted molar refractivity (Wildman–Crippen MR) is 88.5 cm³/mol. The molecule has 0 aromatic carbocycles. The number of piperazine rings is 1. The average molecular weight is 299 g/mol. The first-order valence-corrected chi connectivity index (χ1v) is 11.2. The van der Waals surface area contributed by atoms with Crippen LogP contribution in [0.3, 0.4) is 0 Å². The summed E-state index contributed by atoms with van der Waals surface area (Å²) in [5, 5.41) is 3.67. The zero-order valence-electron chi connectivity index (χ0n) is 14.3. The molecule has 1 aliphatic heterocycles. The highest BCUT2D eigenvalue weighted by Gasteiger charge is 2.41. The Kier molecular flexibility index (Phi) is 5.33. The fraction of sp³-hybridized carbons (Fsp3) is 1.00. The largest absolute Gasteiger partial charge is 0.405 e. The average Bonchev–Trinajstić information content (AvgIpc) is 3.11. The van der Waals surface area contributed by atoms with Gasteiger partial charge < -0.3 is 9.74 Å². The molecule has 0 radical (unpaired) electrons. The van der Waals surface area contributed by atoms with Crippen LogP contribution in [-0.4, -0.2) is 45.3 Å². The minimum Gasteiger partial charge on any atom is -0.405 e. The van der Waals surface area contributed by atoms with Gasteiger partial charge in [0.1, 0.15) is 6.23 Å². The van der Waals surface area contributed by atoms with Crippen molar-refractivity contribution >= 4 is 9.04 Å². The lowest BCUT2D eigenvalue weighted by Gasteiger charge is -2.49. The van der Waals surface area contributed by atoms with E-state index >= 15 is 0 Å². The van der Waals surface area contributed by atoms with Crippen molar-refractivity contribution in [1.29, 1.82) is 0 Å². The Morgan fingerprint density at radius 2 is 1.95 bits per heavy atom. The summed E-state index contributed by atoms with van der Waals surface area (Å²) in [5.74, 6) is 0.974. The molecule has 1 aliphatic carbocycles. The van der Waals surface area contributed by atoms with Crippen molar-refractivity contribution in [1.82, 2.24) is 10.2 Å². The smallest absolute Gasteiger partial charge is 0.173 e. The van der Waals surface area contributed by atoms with E-state index in [1.54, 1.807) is 0 Å². The van der Waals surface area contributed by atoms with Crippen LogP contribution in [-0.2, 0) is 4.43 Å². The van der Waals surface area contributed by atoms with Crippen molar-refractivity contribution in [2.75, 3.05) is 13.1 Å². The van der Waals surface area contributed by atoms with Gasteiger partial charge in [0.25, 0.3) is 0 Å². The maximum absolute atomic E-state index is 6.47. The van der Waals surface area contributed by atoms with Gasteiger partial charge in [-0.25, -0.2) is 0 Å². The van der Waals surface area contributed by atoms with Crippen molar-refractivity contribution in [2.45, 2.75) is 78.4 Å². The molecular weight excluding hydrogens is 264 g/mol. The van der Waals surface area contributed by atoms with Gasteiger partial charge in [-0.3, -0.25) is 4.90 Å². The van der Waals surface area contributed by atoms with E-state index in [0.717, 1.165) is 19.0 Å². The van der Waals surface area contributed by atoms with E-state index in [0.29, 0.717) is 12.1 Å². The molecule has 0 spiro atoms. The van der Waals surface area contributed by atoms with Crippen LogP contribution in [0.15, 0.2) is 0 Å². The quantitative estimate of drug-likeness (QED) is 0.790. The second-order valence-corrected chi connectivity index (χ2v) is 10.5. The highest BCUT2D eigenvalue weighted by Crippen LogP contribution is 2.38. The molecule has 118 valence electrons. The number of nitrogens with zero attached hydrogens (tertiary/aromatic N) is 1. The highest BCUT2D eigenvalue weighted by atomic mass is 28.3. The van der Waals surface area contributed by atoms with Crippen molar-refractivity contribution in [3.05, 3.63) is 0 Å². The third-order valence-electron chi connectivity index (χ3n) is 4.55. The Balaban J connectivity index is 2.13. The Morgan fingerprint density at radius 1 is 1.30 bits per heavy atom. The maximum atomic E-state index is 6.47. The van der Waals surface area contributed by atoms with Gasteiger partial charge in [0.2, 0.25) is 0 Å². The molecule has 1 heterocycles. The van der Waals surface area contributed by atoms with Crippen LogP contribution in [0, 0.1) is 11.3 Å². The topological polar surface area (TPSA) is 24.5 Å². The van der Waals surface area contributed by atoms with Gasteiger partial charge >= 0.3 is 0 Å². The molecule has 3 atom stereocenters. The molecule has 1 N–H and O–H groups in total. The van der Waals surface area contributed by atoms with E-state index in [1.165, 1.54) is 19.3 Å². The van der Waals surface area contributed by atoms with Crippen molar-refractivity contribution < 1.29 is 4.43 Å². The molecule has 0 amide bonds. The molecule has 2 rings (SSSR count). The van der Waals surface area contributed by atoms with Crippen LogP contribution in [0.1, 0.15) is 47.0 Å². The minimum absolute atomic E-state index is 0.191. The van der Waals surface area contributed by atoms with E-state index in [1.807, 2.05) is 0 Å². The first-order valence-electron chi connectivity index (χ1n) is 8.43. The van der Waals surface area contributed by atoms with Gasteiger partial charge in [-0.05, 0) is 32.4 Å². The molecular formula is C16H34N2OSi. The van der Waals surface area contributed by atoms with Crippen LogP contribution in [0.5, 0.6) is 0 Å². The van der Waals surface area contributed by atoms with Crippen LogP contribution in [0.25, 0.3) is 0 Å². The van der Waals surface area contributed by atoms with Crippen molar-refractivity contribution in [3.8, 4) is 0 Å². The first-order chi connectivity index (χ1) is 9.29. The Hall–Kier alpha value is 0.0969.